The Balaban J connectivity index is 1.23. The van der Waals surface area contributed by atoms with Gasteiger partial charge in [-0.1, -0.05) is 37.6 Å². The van der Waals surface area contributed by atoms with E-state index < -0.39 is 11.6 Å². The Labute approximate surface area is 239 Å². The predicted molar refractivity (Wildman–Crippen MR) is 157 cm³/mol. The normalized spacial score (nSPS) is 23.2. The molecule has 0 aliphatic heterocycles. The van der Waals surface area contributed by atoms with Crippen LogP contribution in [0.15, 0.2) is 43.0 Å². The van der Waals surface area contributed by atoms with E-state index >= 15 is 8.78 Å². The summed E-state index contributed by atoms with van der Waals surface area (Å²) < 4.78 is 56.5. The minimum absolute atomic E-state index is 0.0671. The Morgan fingerprint density at radius 1 is 0.825 bits per heavy atom. The molecule has 0 saturated heterocycles. The zero-order valence-corrected chi connectivity index (χ0v) is 24.2. The van der Waals surface area contributed by atoms with Gasteiger partial charge in [0, 0.05) is 6.61 Å². The summed E-state index contributed by atoms with van der Waals surface area (Å²) in [6.45, 7) is 7.11. The lowest BCUT2D eigenvalue weighted by Crippen LogP contribution is -2.22. The smallest absolute Gasteiger partial charge is 0.165 e. The number of rotatable bonds is 14. The summed E-state index contributed by atoms with van der Waals surface area (Å²) in [4.78, 5) is 0. The fourth-order valence-electron chi connectivity index (χ4n) is 6.50. The fraction of sp³-hybridized carbons (Fsp3) is 0.600. The maximum Gasteiger partial charge on any atom is 0.165 e. The molecule has 0 atom stereocenters. The molecule has 0 N–H and O–H groups in total. The zero-order chi connectivity index (χ0) is 28.3. The monoisotopic (exact) mass is 556 g/mol. The summed E-state index contributed by atoms with van der Waals surface area (Å²) in [7, 11) is 0. The summed E-state index contributed by atoms with van der Waals surface area (Å²) in [6, 6.07) is 8.96. The summed E-state index contributed by atoms with van der Waals surface area (Å²) in [5.41, 5.74) is 2.06. The van der Waals surface area contributed by atoms with Gasteiger partial charge in [-0.05, 0) is 130 Å². The van der Waals surface area contributed by atoms with Crippen LogP contribution >= 0.6 is 0 Å². The molecule has 220 valence electrons. The van der Waals surface area contributed by atoms with Crippen molar-refractivity contribution in [3.8, 4) is 5.75 Å². The minimum atomic E-state index is -0.635. The highest BCUT2D eigenvalue weighted by Crippen LogP contribution is 2.41. The number of hydrogen-bond acceptors (Lipinski definition) is 2. The number of unbranched alkanes of at least 4 members (excludes halogenated alkanes) is 2. The van der Waals surface area contributed by atoms with Crippen molar-refractivity contribution in [2.24, 2.45) is 5.92 Å². The summed E-state index contributed by atoms with van der Waals surface area (Å²) in [6.07, 6.45) is 15.0. The van der Waals surface area contributed by atoms with Crippen LogP contribution < -0.4 is 4.74 Å². The standard InChI is InChI=1S/C35H47F3O2/c1-3-5-7-23-40-33-21-12-26(24-32(33)36)9-8-25-10-13-27(14-11-25)30-19-20-31(35(38)34(30)37)28-15-17-29(18-16-28)39-22-6-4-2/h3,12,19-21,24-25,27-29H,1,4-11,13-18,22-23H2,2H3. The zero-order valence-electron chi connectivity index (χ0n) is 24.2. The SMILES string of the molecule is C=CCCCOc1ccc(CCC2CCC(c3ccc(C4CCC(OCCCC)CC4)c(F)c3F)CC2)cc1F. The Kier molecular flexibility index (Phi) is 12.0. The van der Waals surface area contributed by atoms with Gasteiger partial charge in [-0.2, -0.15) is 0 Å². The number of hydrogen-bond donors (Lipinski definition) is 0. The number of aryl methyl sites for hydroxylation is 1. The van der Waals surface area contributed by atoms with Crippen molar-refractivity contribution in [2.45, 2.75) is 115 Å². The second-order valence-electron chi connectivity index (χ2n) is 11.9. The van der Waals surface area contributed by atoms with Crippen LogP contribution in [0.1, 0.15) is 119 Å². The lowest BCUT2D eigenvalue weighted by molar-refractivity contribution is 0.0230. The average Bonchev–Trinajstić information content (AvgIpc) is 2.97. The molecule has 0 radical (unpaired) electrons. The Morgan fingerprint density at radius 2 is 1.48 bits per heavy atom. The quantitative estimate of drug-likeness (QED) is 0.170. The molecule has 2 fully saturated rings. The van der Waals surface area contributed by atoms with Gasteiger partial charge < -0.3 is 9.47 Å². The summed E-state index contributed by atoms with van der Waals surface area (Å²) in [5, 5.41) is 0. The first kappa shape index (κ1) is 30.7. The van der Waals surface area contributed by atoms with Crippen molar-refractivity contribution in [1.29, 1.82) is 0 Å². The van der Waals surface area contributed by atoms with Crippen LogP contribution in [0.25, 0.3) is 0 Å². The number of allylic oxidation sites excluding steroid dienone is 1. The van der Waals surface area contributed by atoms with E-state index in [-0.39, 0.29) is 23.8 Å². The Bertz CT molecular complexity index is 1070. The Hall–Kier alpha value is -2.27. The maximum absolute atomic E-state index is 15.3. The minimum Gasteiger partial charge on any atom is -0.491 e. The van der Waals surface area contributed by atoms with E-state index in [0.29, 0.717) is 29.4 Å². The van der Waals surface area contributed by atoms with Crippen LogP contribution in [-0.2, 0) is 11.2 Å². The van der Waals surface area contributed by atoms with Crippen molar-refractivity contribution in [3.63, 3.8) is 0 Å². The molecule has 0 amide bonds. The topological polar surface area (TPSA) is 18.5 Å². The van der Waals surface area contributed by atoms with Gasteiger partial charge >= 0.3 is 0 Å². The van der Waals surface area contributed by atoms with Crippen LogP contribution in [0.4, 0.5) is 13.2 Å². The van der Waals surface area contributed by atoms with Crippen LogP contribution in [0, 0.1) is 23.4 Å². The molecule has 2 nitrogen and oxygen atoms in total. The molecule has 4 rings (SSSR count). The third kappa shape index (κ3) is 8.38. The first-order valence-corrected chi connectivity index (χ1v) is 15.6. The molecule has 2 aliphatic rings. The second-order valence-corrected chi connectivity index (χ2v) is 11.9. The lowest BCUT2D eigenvalue weighted by atomic mass is 9.76. The third-order valence-corrected chi connectivity index (χ3v) is 9.04. The fourth-order valence-corrected chi connectivity index (χ4v) is 6.50. The van der Waals surface area contributed by atoms with E-state index in [0.717, 1.165) is 102 Å². The van der Waals surface area contributed by atoms with E-state index in [2.05, 4.69) is 13.5 Å². The first-order valence-electron chi connectivity index (χ1n) is 15.6. The van der Waals surface area contributed by atoms with Crippen molar-refractivity contribution in [1.82, 2.24) is 0 Å². The Morgan fingerprint density at radius 3 is 2.08 bits per heavy atom. The molecule has 2 aromatic rings. The number of benzene rings is 2. The third-order valence-electron chi connectivity index (χ3n) is 9.04. The van der Waals surface area contributed by atoms with Gasteiger partial charge in [-0.15, -0.1) is 6.58 Å². The van der Waals surface area contributed by atoms with Crippen LogP contribution in [0.3, 0.4) is 0 Å². The van der Waals surface area contributed by atoms with E-state index in [1.54, 1.807) is 12.1 Å². The molecule has 5 heteroatoms. The van der Waals surface area contributed by atoms with Crippen molar-refractivity contribution in [2.75, 3.05) is 13.2 Å². The molecule has 0 aromatic heterocycles. The second kappa shape index (κ2) is 15.7. The molecule has 2 aliphatic carbocycles. The highest BCUT2D eigenvalue weighted by Gasteiger charge is 2.30. The highest BCUT2D eigenvalue weighted by molar-refractivity contribution is 5.32. The molecule has 0 spiro atoms. The largest absolute Gasteiger partial charge is 0.491 e. The van der Waals surface area contributed by atoms with Gasteiger partial charge in [0.05, 0.1) is 12.7 Å². The van der Waals surface area contributed by atoms with E-state index in [1.165, 1.54) is 0 Å². The lowest BCUT2D eigenvalue weighted by Gasteiger charge is -2.31. The molecule has 0 heterocycles. The van der Waals surface area contributed by atoms with Gasteiger partial charge in [0.25, 0.3) is 0 Å². The molecular formula is C35H47F3O2. The summed E-state index contributed by atoms with van der Waals surface area (Å²) >= 11 is 0. The van der Waals surface area contributed by atoms with Gasteiger partial charge in [-0.3, -0.25) is 0 Å². The highest BCUT2D eigenvalue weighted by atomic mass is 19.2. The van der Waals surface area contributed by atoms with E-state index in [1.807, 2.05) is 24.3 Å². The molecule has 0 unspecified atom stereocenters. The van der Waals surface area contributed by atoms with Crippen molar-refractivity contribution in [3.05, 3.63) is 77.1 Å². The van der Waals surface area contributed by atoms with Crippen LogP contribution in [-0.4, -0.2) is 19.3 Å². The van der Waals surface area contributed by atoms with Crippen LogP contribution in [0.2, 0.25) is 0 Å². The van der Waals surface area contributed by atoms with Crippen molar-refractivity contribution < 1.29 is 22.6 Å². The predicted octanol–water partition coefficient (Wildman–Crippen LogP) is 10.2. The van der Waals surface area contributed by atoms with Gasteiger partial charge in [-0.25, -0.2) is 13.2 Å². The first-order chi connectivity index (χ1) is 19.5. The van der Waals surface area contributed by atoms with Crippen molar-refractivity contribution >= 4 is 0 Å². The van der Waals surface area contributed by atoms with Crippen LogP contribution in [0.5, 0.6) is 5.75 Å². The molecular weight excluding hydrogens is 509 g/mol. The summed E-state index contributed by atoms with van der Waals surface area (Å²) in [5.74, 6) is -0.608. The molecule has 40 heavy (non-hydrogen) atoms. The molecule has 2 aromatic carbocycles. The van der Waals surface area contributed by atoms with Gasteiger partial charge in [0.15, 0.2) is 23.2 Å². The van der Waals surface area contributed by atoms with E-state index in [9.17, 15) is 4.39 Å². The molecule has 0 bridgehead atoms. The van der Waals surface area contributed by atoms with Gasteiger partial charge in [0.2, 0.25) is 0 Å². The number of ether oxygens (including phenoxy) is 2. The molecule has 2 saturated carbocycles. The number of halogens is 3. The maximum atomic E-state index is 15.3. The van der Waals surface area contributed by atoms with E-state index in [4.69, 9.17) is 9.47 Å². The average molecular weight is 557 g/mol. The van der Waals surface area contributed by atoms with Gasteiger partial charge in [0.1, 0.15) is 0 Å².